The third-order valence-electron chi connectivity index (χ3n) is 7.64. The Bertz CT molecular complexity index is 1010. The summed E-state index contributed by atoms with van der Waals surface area (Å²) in [4.78, 5) is 25.6. The zero-order valence-electron chi connectivity index (χ0n) is 23.9. The zero-order chi connectivity index (χ0) is 27.5. The fourth-order valence-corrected chi connectivity index (χ4v) is 5.37. The first-order valence-electron chi connectivity index (χ1n) is 14.9. The Morgan fingerprint density at radius 3 is 2.36 bits per heavy atom. The van der Waals surface area contributed by atoms with E-state index in [0.29, 0.717) is 43.7 Å². The Hall–Kier alpha value is -2.91. The molecule has 0 atom stereocenters. The molecule has 9 nitrogen and oxygen atoms in total. The van der Waals surface area contributed by atoms with Crippen molar-refractivity contribution < 1.29 is 4.79 Å². The molecular formula is C30H48N8O. The molecule has 2 fully saturated rings. The zero-order valence-corrected chi connectivity index (χ0v) is 23.9. The maximum atomic E-state index is 12.4. The van der Waals surface area contributed by atoms with Gasteiger partial charge < -0.3 is 31.5 Å². The first kappa shape index (κ1) is 29.1. The van der Waals surface area contributed by atoms with Crippen molar-refractivity contribution in [2.24, 2.45) is 5.92 Å². The number of piperazine rings is 1. The van der Waals surface area contributed by atoms with E-state index in [9.17, 15) is 4.79 Å². The molecule has 39 heavy (non-hydrogen) atoms. The van der Waals surface area contributed by atoms with Crippen LogP contribution in [0.2, 0.25) is 0 Å². The number of nitrogens with two attached hydrogens (primary N) is 1. The minimum atomic E-state index is 0.234. The van der Waals surface area contributed by atoms with E-state index in [1.165, 1.54) is 43.2 Å². The lowest BCUT2D eigenvalue weighted by atomic mass is 9.95. The molecule has 4 rings (SSSR count). The number of rotatable bonds is 13. The van der Waals surface area contributed by atoms with Crippen LogP contribution in [-0.2, 0) is 17.9 Å². The van der Waals surface area contributed by atoms with Crippen LogP contribution in [0.5, 0.6) is 0 Å². The molecule has 0 unspecified atom stereocenters. The minimum absolute atomic E-state index is 0.234. The second kappa shape index (κ2) is 15.0. The van der Waals surface area contributed by atoms with Gasteiger partial charge in [0.25, 0.3) is 0 Å². The highest BCUT2D eigenvalue weighted by Crippen LogP contribution is 2.20. The average Bonchev–Trinajstić information content (AvgIpc) is 2.94. The van der Waals surface area contributed by atoms with Crippen LogP contribution in [0.3, 0.4) is 0 Å². The Morgan fingerprint density at radius 1 is 0.974 bits per heavy atom. The van der Waals surface area contributed by atoms with Crippen molar-refractivity contribution >= 4 is 23.5 Å². The van der Waals surface area contributed by atoms with Gasteiger partial charge in [-0.3, -0.25) is 4.79 Å². The number of carbonyl (C=O) groups is 1. The summed E-state index contributed by atoms with van der Waals surface area (Å²) in [6, 6.07) is 11.2. The molecule has 2 heterocycles. The van der Waals surface area contributed by atoms with Crippen molar-refractivity contribution in [1.82, 2.24) is 25.5 Å². The molecule has 1 aliphatic carbocycles. The van der Waals surface area contributed by atoms with Crippen molar-refractivity contribution in [3.63, 3.8) is 0 Å². The van der Waals surface area contributed by atoms with Crippen molar-refractivity contribution in [2.75, 3.05) is 55.2 Å². The summed E-state index contributed by atoms with van der Waals surface area (Å²) in [5.41, 5.74) is 8.56. The van der Waals surface area contributed by atoms with E-state index < -0.39 is 0 Å². The fourth-order valence-electron chi connectivity index (χ4n) is 5.37. The number of benzene rings is 1. The lowest BCUT2D eigenvalue weighted by Crippen LogP contribution is -2.49. The van der Waals surface area contributed by atoms with Gasteiger partial charge in [0.2, 0.25) is 11.9 Å². The van der Waals surface area contributed by atoms with Crippen LogP contribution in [-0.4, -0.2) is 66.1 Å². The van der Waals surface area contributed by atoms with Crippen molar-refractivity contribution in [1.29, 1.82) is 0 Å². The van der Waals surface area contributed by atoms with E-state index in [4.69, 9.17) is 10.7 Å². The number of nitrogen functional groups attached to an aromatic ring is 1. The lowest BCUT2D eigenvalue weighted by Gasteiger charge is -2.35. The predicted molar refractivity (Wildman–Crippen MR) is 160 cm³/mol. The number of anilines is 3. The van der Waals surface area contributed by atoms with Gasteiger partial charge in [-0.15, -0.1) is 0 Å². The van der Waals surface area contributed by atoms with Crippen LogP contribution >= 0.6 is 0 Å². The largest absolute Gasteiger partial charge is 0.383 e. The maximum absolute atomic E-state index is 12.4. The number of amides is 1. The lowest BCUT2D eigenvalue weighted by molar-refractivity contribution is -0.132. The third kappa shape index (κ3) is 9.65. The third-order valence-corrected chi connectivity index (χ3v) is 7.64. The number of aromatic nitrogens is 2. The minimum Gasteiger partial charge on any atom is -0.383 e. The molecule has 1 aromatic heterocycles. The van der Waals surface area contributed by atoms with Crippen LogP contribution in [0.4, 0.5) is 17.6 Å². The highest BCUT2D eigenvalue weighted by molar-refractivity contribution is 5.76. The Labute approximate surface area is 234 Å². The van der Waals surface area contributed by atoms with Crippen LogP contribution in [0, 0.1) is 5.92 Å². The highest BCUT2D eigenvalue weighted by atomic mass is 16.2. The molecule has 0 radical (unpaired) electrons. The fraction of sp³-hybridized carbons (Fsp3) is 0.633. The summed E-state index contributed by atoms with van der Waals surface area (Å²) >= 11 is 0. The molecule has 1 saturated carbocycles. The van der Waals surface area contributed by atoms with E-state index in [-0.39, 0.29) is 5.91 Å². The van der Waals surface area contributed by atoms with E-state index in [2.05, 4.69) is 63.9 Å². The van der Waals surface area contributed by atoms with Gasteiger partial charge in [-0.1, -0.05) is 57.4 Å². The van der Waals surface area contributed by atoms with Gasteiger partial charge in [0.05, 0.1) is 0 Å². The topological polar surface area (TPSA) is 111 Å². The first-order chi connectivity index (χ1) is 19.0. The molecule has 0 spiro atoms. The summed E-state index contributed by atoms with van der Waals surface area (Å²) in [7, 11) is 0. The van der Waals surface area contributed by atoms with Crippen molar-refractivity contribution in [3.05, 3.63) is 41.5 Å². The van der Waals surface area contributed by atoms with Gasteiger partial charge >= 0.3 is 0 Å². The molecule has 1 amide bonds. The van der Waals surface area contributed by atoms with Crippen molar-refractivity contribution in [3.8, 4) is 0 Å². The van der Waals surface area contributed by atoms with Gasteiger partial charge in [-0.25, -0.2) is 0 Å². The maximum Gasteiger partial charge on any atom is 0.226 e. The number of hydrogen-bond donors (Lipinski definition) is 4. The van der Waals surface area contributed by atoms with E-state index in [1.54, 1.807) is 0 Å². The molecule has 214 valence electrons. The molecule has 0 bridgehead atoms. The van der Waals surface area contributed by atoms with E-state index in [1.807, 2.05) is 11.0 Å². The summed E-state index contributed by atoms with van der Waals surface area (Å²) in [5.74, 6) is 2.38. The smallest absolute Gasteiger partial charge is 0.226 e. The quantitative estimate of drug-likeness (QED) is 0.286. The van der Waals surface area contributed by atoms with Gasteiger partial charge in [0.15, 0.2) is 0 Å². The van der Waals surface area contributed by atoms with Gasteiger partial charge in [0.1, 0.15) is 11.6 Å². The Morgan fingerprint density at radius 2 is 1.67 bits per heavy atom. The molecular weight excluding hydrogens is 488 g/mol. The molecule has 5 N–H and O–H groups in total. The van der Waals surface area contributed by atoms with Gasteiger partial charge in [0, 0.05) is 57.8 Å². The van der Waals surface area contributed by atoms with Crippen molar-refractivity contribution in [2.45, 2.75) is 77.9 Å². The molecule has 2 aromatic rings. The second-order valence-corrected chi connectivity index (χ2v) is 11.4. The monoisotopic (exact) mass is 536 g/mol. The Kier molecular flexibility index (Phi) is 11.2. The standard InChI is InChI=1S/C30H48N8O/c1-23(2)19-29(39)38-17-15-37(16-18-38)28-20-27(31)35-30(36-28)34-22-25-11-9-24(10-12-25)21-32-13-6-14-33-26-7-4-3-5-8-26/h9-12,20,23,26,32-33H,3-8,13-19,21-22H2,1-2H3,(H3,31,34,35,36). The predicted octanol–water partition coefficient (Wildman–Crippen LogP) is 3.77. The van der Waals surface area contributed by atoms with Gasteiger partial charge in [-0.05, 0) is 49.4 Å². The summed E-state index contributed by atoms with van der Waals surface area (Å²) < 4.78 is 0. The van der Waals surface area contributed by atoms with Crippen LogP contribution < -0.4 is 26.6 Å². The van der Waals surface area contributed by atoms with E-state index in [0.717, 1.165) is 51.0 Å². The second-order valence-electron chi connectivity index (χ2n) is 11.4. The van der Waals surface area contributed by atoms with E-state index >= 15 is 0 Å². The molecule has 2 aliphatic rings. The molecule has 9 heteroatoms. The van der Waals surface area contributed by atoms with Crippen LogP contribution in [0.25, 0.3) is 0 Å². The summed E-state index contributed by atoms with van der Waals surface area (Å²) in [6.45, 7) is 10.7. The van der Waals surface area contributed by atoms with Crippen LogP contribution in [0.1, 0.15) is 69.9 Å². The average molecular weight is 537 g/mol. The molecule has 1 aliphatic heterocycles. The molecule has 1 aromatic carbocycles. The highest BCUT2D eigenvalue weighted by Gasteiger charge is 2.23. The number of nitrogens with zero attached hydrogens (tertiary/aromatic N) is 4. The van der Waals surface area contributed by atoms with Gasteiger partial charge in [-0.2, -0.15) is 9.97 Å². The Balaban J connectivity index is 1.17. The summed E-state index contributed by atoms with van der Waals surface area (Å²) in [6.07, 6.45) is 8.63. The SMILES string of the molecule is CC(C)CC(=O)N1CCN(c2cc(N)nc(NCc3ccc(CNCCCNC4CCCCC4)cc3)n2)CC1. The first-order valence-corrected chi connectivity index (χ1v) is 14.9. The number of hydrogen-bond acceptors (Lipinski definition) is 8. The normalized spacial score (nSPS) is 16.6. The number of carbonyl (C=O) groups excluding carboxylic acids is 1. The van der Waals surface area contributed by atoms with Crippen LogP contribution in [0.15, 0.2) is 30.3 Å². The summed E-state index contributed by atoms with van der Waals surface area (Å²) in [5, 5.41) is 10.6. The number of nitrogens with one attached hydrogen (secondary N) is 3. The molecule has 1 saturated heterocycles.